The van der Waals surface area contributed by atoms with Crippen molar-refractivity contribution in [2.75, 3.05) is 6.61 Å². The SMILES string of the molecule is CCCC(C)OC(=O)Oc1cc(C[C@H](N)C(=O)OC(C)COC(C)=O)ccc1OC(=O)O[C@@H](C)CCC. The summed E-state index contributed by atoms with van der Waals surface area (Å²) in [6.07, 6.45) is -0.368. The molecule has 0 saturated heterocycles. The molecule has 0 aliphatic heterocycles. The van der Waals surface area contributed by atoms with Crippen molar-refractivity contribution in [2.24, 2.45) is 5.73 Å². The van der Waals surface area contributed by atoms with E-state index in [4.69, 9.17) is 34.2 Å². The number of hydrogen-bond donors (Lipinski definition) is 1. The van der Waals surface area contributed by atoms with E-state index in [1.807, 2.05) is 13.8 Å². The Morgan fingerprint density at radius 3 is 1.86 bits per heavy atom. The largest absolute Gasteiger partial charge is 0.514 e. The number of rotatable bonds is 14. The lowest BCUT2D eigenvalue weighted by Crippen LogP contribution is -2.37. The fourth-order valence-electron chi connectivity index (χ4n) is 3.22. The summed E-state index contributed by atoms with van der Waals surface area (Å²) in [5.41, 5.74) is 6.49. The predicted octanol–water partition coefficient (Wildman–Crippen LogP) is 4.46. The maximum atomic E-state index is 12.3. The second-order valence-corrected chi connectivity index (χ2v) is 8.78. The van der Waals surface area contributed by atoms with Gasteiger partial charge in [-0.25, -0.2) is 9.59 Å². The quantitative estimate of drug-likeness (QED) is 0.208. The first-order valence-corrected chi connectivity index (χ1v) is 12.4. The Hall–Kier alpha value is -3.34. The van der Waals surface area contributed by atoms with Crippen LogP contribution < -0.4 is 15.2 Å². The lowest BCUT2D eigenvalue weighted by Gasteiger charge is -2.18. The number of hydrogen-bond acceptors (Lipinski definition) is 11. The van der Waals surface area contributed by atoms with E-state index in [1.165, 1.54) is 19.1 Å². The average molecular weight is 526 g/mol. The molecule has 1 aromatic rings. The summed E-state index contributed by atoms with van der Waals surface area (Å²) in [6, 6.07) is 3.32. The van der Waals surface area contributed by atoms with Crippen molar-refractivity contribution in [1.29, 1.82) is 0 Å². The second-order valence-electron chi connectivity index (χ2n) is 8.78. The Kier molecular flexibility index (Phi) is 14.1. The minimum atomic E-state index is -1.06. The minimum absolute atomic E-state index is 0.0228. The molecule has 11 heteroatoms. The topological polar surface area (TPSA) is 150 Å². The standard InChI is InChI=1S/C26H39NO10/c1-7-9-16(3)34-25(30)36-22-12-11-20(14-23(22)37-26(31)35-17(4)10-8-2)13-21(27)24(29)33-18(5)15-32-19(6)28/h11-12,14,16-18,21H,7-10,13,15,27H2,1-6H3/t16-,17?,18?,21-/m0/s1. The molecule has 0 aliphatic carbocycles. The molecule has 37 heavy (non-hydrogen) atoms. The highest BCUT2D eigenvalue weighted by atomic mass is 16.7. The van der Waals surface area contributed by atoms with E-state index < -0.39 is 36.4 Å². The third-order valence-electron chi connectivity index (χ3n) is 4.98. The summed E-state index contributed by atoms with van der Waals surface area (Å²) in [5.74, 6) is -1.36. The summed E-state index contributed by atoms with van der Waals surface area (Å²) in [4.78, 5) is 47.8. The molecule has 1 rings (SSSR count). The normalized spacial score (nSPS) is 13.9. The van der Waals surface area contributed by atoms with Gasteiger partial charge in [0.1, 0.15) is 31.0 Å². The molecule has 0 amide bonds. The molecular weight excluding hydrogens is 486 g/mol. The van der Waals surface area contributed by atoms with Gasteiger partial charge in [0.2, 0.25) is 0 Å². The third kappa shape index (κ3) is 13.0. The summed E-state index contributed by atoms with van der Waals surface area (Å²) < 4.78 is 31.0. The molecule has 4 atom stereocenters. The summed E-state index contributed by atoms with van der Waals surface area (Å²) >= 11 is 0. The molecule has 208 valence electrons. The van der Waals surface area contributed by atoms with Gasteiger partial charge >= 0.3 is 24.2 Å². The molecule has 2 unspecified atom stereocenters. The van der Waals surface area contributed by atoms with Gasteiger partial charge in [-0.05, 0) is 57.7 Å². The first kappa shape index (κ1) is 31.7. The van der Waals surface area contributed by atoms with Crippen LogP contribution in [0.25, 0.3) is 0 Å². The van der Waals surface area contributed by atoms with Gasteiger partial charge in [-0.1, -0.05) is 32.8 Å². The van der Waals surface area contributed by atoms with Crippen LogP contribution in [0.3, 0.4) is 0 Å². The maximum absolute atomic E-state index is 12.3. The highest BCUT2D eigenvalue weighted by Crippen LogP contribution is 2.30. The van der Waals surface area contributed by atoms with Crippen LogP contribution in [0.2, 0.25) is 0 Å². The number of nitrogens with two attached hydrogens (primary N) is 1. The van der Waals surface area contributed by atoms with Crippen molar-refractivity contribution in [3.8, 4) is 11.5 Å². The van der Waals surface area contributed by atoms with E-state index >= 15 is 0 Å². The van der Waals surface area contributed by atoms with E-state index in [1.54, 1.807) is 26.8 Å². The first-order chi connectivity index (χ1) is 17.4. The van der Waals surface area contributed by atoms with Gasteiger partial charge < -0.3 is 34.2 Å². The molecule has 0 saturated carbocycles. The molecule has 0 aliphatic rings. The first-order valence-electron chi connectivity index (χ1n) is 12.4. The van der Waals surface area contributed by atoms with Gasteiger partial charge in [-0.3, -0.25) is 9.59 Å². The van der Waals surface area contributed by atoms with Crippen LogP contribution in [0.4, 0.5) is 9.59 Å². The molecule has 1 aromatic carbocycles. The Morgan fingerprint density at radius 1 is 0.811 bits per heavy atom. The van der Waals surface area contributed by atoms with E-state index in [0.717, 1.165) is 12.8 Å². The van der Waals surface area contributed by atoms with Crippen molar-refractivity contribution >= 4 is 24.2 Å². The zero-order valence-corrected chi connectivity index (χ0v) is 22.4. The van der Waals surface area contributed by atoms with Gasteiger partial charge in [-0.15, -0.1) is 0 Å². The van der Waals surface area contributed by atoms with E-state index in [0.29, 0.717) is 18.4 Å². The van der Waals surface area contributed by atoms with Gasteiger partial charge in [0.25, 0.3) is 0 Å². The van der Waals surface area contributed by atoms with E-state index in [2.05, 4.69) is 0 Å². The fourth-order valence-corrected chi connectivity index (χ4v) is 3.22. The van der Waals surface area contributed by atoms with Crippen LogP contribution in [0, 0.1) is 0 Å². The van der Waals surface area contributed by atoms with Crippen LogP contribution in [-0.2, 0) is 35.0 Å². The molecule has 0 radical (unpaired) electrons. The Bertz CT molecular complexity index is 903. The average Bonchev–Trinajstić information content (AvgIpc) is 2.79. The van der Waals surface area contributed by atoms with Crippen molar-refractivity contribution in [3.63, 3.8) is 0 Å². The predicted molar refractivity (Wildman–Crippen MR) is 133 cm³/mol. The van der Waals surface area contributed by atoms with E-state index in [9.17, 15) is 19.2 Å². The van der Waals surface area contributed by atoms with E-state index in [-0.39, 0.29) is 36.7 Å². The van der Waals surface area contributed by atoms with Gasteiger partial charge in [0.15, 0.2) is 11.5 Å². The van der Waals surface area contributed by atoms with Crippen LogP contribution in [0.15, 0.2) is 18.2 Å². The molecule has 0 fully saturated rings. The molecule has 0 bridgehead atoms. The summed E-state index contributed by atoms with van der Waals surface area (Å²) in [6.45, 7) is 10.1. The molecule has 0 aromatic heterocycles. The third-order valence-corrected chi connectivity index (χ3v) is 4.98. The number of ether oxygens (including phenoxy) is 6. The summed E-state index contributed by atoms with van der Waals surface area (Å²) in [7, 11) is 0. The van der Waals surface area contributed by atoms with Crippen molar-refractivity contribution < 1.29 is 47.6 Å². The lowest BCUT2D eigenvalue weighted by molar-refractivity contribution is -0.157. The Labute approximate surface area is 217 Å². The van der Waals surface area contributed by atoms with Crippen molar-refractivity contribution in [2.45, 2.75) is 98.0 Å². The maximum Gasteiger partial charge on any atom is 0.514 e. The Morgan fingerprint density at radius 2 is 1.35 bits per heavy atom. The van der Waals surface area contributed by atoms with Crippen molar-refractivity contribution in [1.82, 2.24) is 0 Å². The lowest BCUT2D eigenvalue weighted by atomic mass is 10.1. The highest BCUT2D eigenvalue weighted by Gasteiger charge is 2.22. The number of benzene rings is 1. The van der Waals surface area contributed by atoms with Gasteiger partial charge in [0.05, 0.1) is 0 Å². The number of carbonyl (C=O) groups is 4. The highest BCUT2D eigenvalue weighted by molar-refractivity contribution is 5.76. The van der Waals surface area contributed by atoms with Crippen LogP contribution in [0.1, 0.15) is 72.8 Å². The van der Waals surface area contributed by atoms with Crippen molar-refractivity contribution in [3.05, 3.63) is 23.8 Å². The fraction of sp³-hybridized carbons (Fsp3) is 0.615. The minimum Gasteiger partial charge on any atom is -0.462 e. The smallest absolute Gasteiger partial charge is 0.462 e. The summed E-state index contributed by atoms with van der Waals surface area (Å²) in [5, 5.41) is 0. The zero-order chi connectivity index (χ0) is 28.0. The number of esters is 2. The molecule has 11 nitrogen and oxygen atoms in total. The second kappa shape index (κ2) is 16.4. The Balaban J connectivity index is 2.98. The molecular formula is C26H39NO10. The monoisotopic (exact) mass is 525 g/mol. The van der Waals surface area contributed by atoms with Crippen LogP contribution in [0.5, 0.6) is 11.5 Å². The van der Waals surface area contributed by atoms with Gasteiger partial charge in [0, 0.05) is 6.92 Å². The zero-order valence-electron chi connectivity index (χ0n) is 22.4. The molecule has 0 heterocycles. The molecule has 0 spiro atoms. The molecule has 2 N–H and O–H groups in total. The number of carbonyl (C=O) groups excluding carboxylic acids is 4. The van der Waals surface area contributed by atoms with Gasteiger partial charge in [-0.2, -0.15) is 0 Å². The van der Waals surface area contributed by atoms with Crippen LogP contribution >= 0.6 is 0 Å². The van der Waals surface area contributed by atoms with Crippen LogP contribution in [-0.4, -0.2) is 55.2 Å².